The van der Waals surface area contributed by atoms with Crippen molar-refractivity contribution in [3.8, 4) is 0 Å². The first-order valence-corrected chi connectivity index (χ1v) is 6.75. The predicted molar refractivity (Wildman–Crippen MR) is 70.8 cm³/mol. The Morgan fingerprint density at radius 2 is 1.94 bits per heavy atom. The fourth-order valence-electron chi connectivity index (χ4n) is 2.60. The van der Waals surface area contributed by atoms with E-state index in [0.29, 0.717) is 13.0 Å². The average Bonchev–Trinajstić information content (AvgIpc) is 2.77. The molecule has 0 aromatic carbocycles. The third-order valence-corrected chi connectivity index (χ3v) is 3.96. The van der Waals surface area contributed by atoms with Crippen molar-refractivity contribution < 1.29 is 4.79 Å². The summed E-state index contributed by atoms with van der Waals surface area (Å²) in [6.07, 6.45) is 7.40. The van der Waals surface area contributed by atoms with E-state index in [-0.39, 0.29) is 11.4 Å². The van der Waals surface area contributed by atoms with Gasteiger partial charge in [-0.05, 0) is 46.3 Å². The minimum Gasteiger partial charge on any atom is -0.354 e. The molecular formula is C13H27N3O. The number of amides is 1. The van der Waals surface area contributed by atoms with Crippen LogP contribution in [0.2, 0.25) is 0 Å². The highest BCUT2D eigenvalue weighted by Crippen LogP contribution is 2.33. The summed E-state index contributed by atoms with van der Waals surface area (Å²) in [4.78, 5) is 13.9. The lowest BCUT2D eigenvalue weighted by Crippen LogP contribution is -2.50. The molecule has 0 aliphatic heterocycles. The van der Waals surface area contributed by atoms with Crippen molar-refractivity contribution in [3.63, 3.8) is 0 Å². The van der Waals surface area contributed by atoms with Crippen LogP contribution in [0.1, 0.15) is 44.9 Å². The maximum atomic E-state index is 11.7. The van der Waals surface area contributed by atoms with E-state index in [1.54, 1.807) is 0 Å². The van der Waals surface area contributed by atoms with E-state index in [4.69, 9.17) is 5.73 Å². The zero-order valence-corrected chi connectivity index (χ0v) is 11.3. The van der Waals surface area contributed by atoms with Crippen LogP contribution in [0.5, 0.6) is 0 Å². The third-order valence-electron chi connectivity index (χ3n) is 3.96. The molecule has 1 amide bonds. The number of hydrogen-bond acceptors (Lipinski definition) is 3. The smallest absolute Gasteiger partial charge is 0.220 e. The summed E-state index contributed by atoms with van der Waals surface area (Å²) in [7, 11) is 4.23. The van der Waals surface area contributed by atoms with Crippen LogP contribution in [0.15, 0.2) is 0 Å². The molecule has 0 spiro atoms. The first kappa shape index (κ1) is 14.5. The molecule has 0 aromatic heterocycles. The molecule has 1 rings (SSSR count). The van der Waals surface area contributed by atoms with Crippen LogP contribution in [-0.2, 0) is 4.79 Å². The highest BCUT2D eigenvalue weighted by Gasteiger charge is 2.35. The Balaban J connectivity index is 2.30. The van der Waals surface area contributed by atoms with E-state index in [1.165, 1.54) is 25.7 Å². The van der Waals surface area contributed by atoms with Gasteiger partial charge >= 0.3 is 0 Å². The topological polar surface area (TPSA) is 58.4 Å². The van der Waals surface area contributed by atoms with Crippen LogP contribution < -0.4 is 11.1 Å². The Morgan fingerprint density at radius 1 is 1.29 bits per heavy atom. The fourth-order valence-corrected chi connectivity index (χ4v) is 2.60. The molecule has 1 aliphatic carbocycles. The van der Waals surface area contributed by atoms with Gasteiger partial charge in [0.1, 0.15) is 0 Å². The van der Waals surface area contributed by atoms with Crippen molar-refractivity contribution in [2.45, 2.75) is 50.5 Å². The SMILES string of the molecule is CN(C)C1(CNC(=O)CCCCN)CCCC1. The molecule has 3 N–H and O–H groups in total. The van der Waals surface area contributed by atoms with Crippen LogP contribution in [-0.4, -0.2) is 43.5 Å². The Bertz CT molecular complexity index is 235. The molecule has 100 valence electrons. The van der Waals surface area contributed by atoms with Gasteiger partial charge in [0.15, 0.2) is 0 Å². The van der Waals surface area contributed by atoms with Gasteiger partial charge in [-0.1, -0.05) is 12.8 Å². The molecule has 1 saturated carbocycles. The van der Waals surface area contributed by atoms with Gasteiger partial charge in [-0.15, -0.1) is 0 Å². The van der Waals surface area contributed by atoms with Crippen molar-refractivity contribution in [1.29, 1.82) is 0 Å². The van der Waals surface area contributed by atoms with Gasteiger partial charge in [-0.3, -0.25) is 4.79 Å². The van der Waals surface area contributed by atoms with Crippen LogP contribution >= 0.6 is 0 Å². The molecule has 0 saturated heterocycles. The summed E-state index contributed by atoms with van der Waals surface area (Å²) in [5.74, 6) is 0.173. The van der Waals surface area contributed by atoms with E-state index in [0.717, 1.165) is 19.4 Å². The summed E-state index contributed by atoms with van der Waals surface area (Å²) in [5.41, 5.74) is 5.61. The Morgan fingerprint density at radius 3 is 2.47 bits per heavy atom. The molecule has 0 unspecified atom stereocenters. The molecule has 0 heterocycles. The molecule has 17 heavy (non-hydrogen) atoms. The van der Waals surface area contributed by atoms with E-state index in [1.807, 2.05) is 0 Å². The standard InChI is InChI=1S/C13H27N3O/c1-16(2)13(8-4-5-9-13)11-15-12(17)7-3-6-10-14/h3-11,14H2,1-2H3,(H,15,17). The minimum atomic E-state index is 0.173. The lowest BCUT2D eigenvalue weighted by Gasteiger charge is -2.36. The van der Waals surface area contributed by atoms with Crippen molar-refractivity contribution >= 4 is 5.91 Å². The zero-order valence-electron chi connectivity index (χ0n) is 11.3. The number of unbranched alkanes of at least 4 members (excludes halogenated alkanes) is 1. The normalized spacial score (nSPS) is 18.6. The number of likely N-dealkylation sites (N-methyl/N-ethyl adjacent to an activating group) is 1. The number of nitrogens with zero attached hydrogens (tertiary/aromatic N) is 1. The summed E-state index contributed by atoms with van der Waals surface area (Å²) in [6.45, 7) is 1.47. The maximum absolute atomic E-state index is 11.7. The quantitative estimate of drug-likeness (QED) is 0.656. The number of carbonyl (C=O) groups excluding carboxylic acids is 1. The van der Waals surface area contributed by atoms with E-state index < -0.39 is 0 Å². The lowest BCUT2D eigenvalue weighted by atomic mass is 9.96. The Hall–Kier alpha value is -0.610. The first-order valence-electron chi connectivity index (χ1n) is 6.75. The Kier molecular flexibility index (Phi) is 5.92. The second-order valence-electron chi connectivity index (χ2n) is 5.35. The minimum absolute atomic E-state index is 0.173. The number of carbonyl (C=O) groups is 1. The average molecular weight is 241 g/mol. The van der Waals surface area contributed by atoms with Crippen molar-refractivity contribution in [2.24, 2.45) is 5.73 Å². The van der Waals surface area contributed by atoms with E-state index in [9.17, 15) is 4.79 Å². The van der Waals surface area contributed by atoms with Crippen molar-refractivity contribution in [1.82, 2.24) is 10.2 Å². The summed E-state index contributed by atoms with van der Waals surface area (Å²) >= 11 is 0. The summed E-state index contributed by atoms with van der Waals surface area (Å²) in [5, 5.41) is 3.08. The van der Waals surface area contributed by atoms with Crippen LogP contribution in [0, 0.1) is 0 Å². The van der Waals surface area contributed by atoms with Gasteiger partial charge in [0.05, 0.1) is 0 Å². The molecule has 4 heteroatoms. The first-order chi connectivity index (χ1) is 8.10. The van der Waals surface area contributed by atoms with Gasteiger partial charge in [0.25, 0.3) is 0 Å². The molecule has 4 nitrogen and oxygen atoms in total. The van der Waals surface area contributed by atoms with Crippen molar-refractivity contribution in [3.05, 3.63) is 0 Å². The molecule has 0 bridgehead atoms. The van der Waals surface area contributed by atoms with Crippen LogP contribution in [0.3, 0.4) is 0 Å². The van der Waals surface area contributed by atoms with Gasteiger partial charge in [-0.2, -0.15) is 0 Å². The number of rotatable bonds is 7. The Labute approximate surface area is 105 Å². The van der Waals surface area contributed by atoms with Gasteiger partial charge < -0.3 is 16.0 Å². The zero-order chi connectivity index (χ0) is 12.7. The van der Waals surface area contributed by atoms with E-state index >= 15 is 0 Å². The van der Waals surface area contributed by atoms with Crippen molar-refractivity contribution in [2.75, 3.05) is 27.2 Å². The summed E-state index contributed by atoms with van der Waals surface area (Å²) < 4.78 is 0. The second kappa shape index (κ2) is 6.97. The monoisotopic (exact) mass is 241 g/mol. The number of hydrogen-bond donors (Lipinski definition) is 2. The number of nitrogens with two attached hydrogens (primary N) is 1. The van der Waals surface area contributed by atoms with Crippen LogP contribution in [0.25, 0.3) is 0 Å². The van der Waals surface area contributed by atoms with Gasteiger partial charge in [0, 0.05) is 18.5 Å². The molecular weight excluding hydrogens is 214 g/mol. The maximum Gasteiger partial charge on any atom is 0.220 e. The largest absolute Gasteiger partial charge is 0.354 e. The van der Waals surface area contributed by atoms with E-state index in [2.05, 4.69) is 24.3 Å². The second-order valence-corrected chi connectivity index (χ2v) is 5.35. The highest BCUT2D eigenvalue weighted by atomic mass is 16.1. The molecule has 1 aliphatic rings. The third kappa shape index (κ3) is 4.28. The molecule has 0 atom stereocenters. The predicted octanol–water partition coefficient (Wildman–Crippen LogP) is 1.11. The molecule has 0 radical (unpaired) electrons. The molecule has 0 aromatic rings. The van der Waals surface area contributed by atoms with Gasteiger partial charge in [-0.25, -0.2) is 0 Å². The van der Waals surface area contributed by atoms with Gasteiger partial charge in [0.2, 0.25) is 5.91 Å². The highest BCUT2D eigenvalue weighted by molar-refractivity contribution is 5.75. The number of nitrogens with one attached hydrogen (secondary N) is 1. The summed E-state index contributed by atoms with van der Waals surface area (Å²) in [6, 6.07) is 0. The van der Waals surface area contributed by atoms with Crippen LogP contribution in [0.4, 0.5) is 0 Å². The lowest BCUT2D eigenvalue weighted by molar-refractivity contribution is -0.121. The fraction of sp³-hybridized carbons (Fsp3) is 0.923. The molecule has 1 fully saturated rings.